The number of hydrogen-bond acceptors (Lipinski definition) is 2. The van der Waals surface area contributed by atoms with Gasteiger partial charge in [0.25, 0.3) is 0 Å². The van der Waals surface area contributed by atoms with E-state index in [1.807, 2.05) is 68.4 Å². The van der Waals surface area contributed by atoms with Gasteiger partial charge in [-0.05, 0) is 49.1 Å². The lowest BCUT2D eigenvalue weighted by Gasteiger charge is -2.27. The molecule has 0 aliphatic carbocycles. The number of carbonyl (C=O) groups is 2. The van der Waals surface area contributed by atoms with Crippen LogP contribution in [-0.4, -0.2) is 29.7 Å². The van der Waals surface area contributed by atoms with Crippen LogP contribution < -0.4 is 0 Å². The van der Waals surface area contributed by atoms with Crippen LogP contribution in [0.2, 0.25) is 0 Å². The van der Waals surface area contributed by atoms with Crippen LogP contribution in [0, 0.1) is 13.8 Å². The zero-order valence-corrected chi connectivity index (χ0v) is 18.1. The Labute approximate surface area is 179 Å². The van der Waals surface area contributed by atoms with E-state index in [-0.39, 0.29) is 17.6 Å². The quantitative estimate of drug-likeness (QED) is 0.488. The van der Waals surface area contributed by atoms with Crippen LogP contribution in [0.5, 0.6) is 0 Å². The molecule has 0 aliphatic rings. The number of carbonyl (C=O) groups excluding carboxylic acids is 2. The average molecular weight is 400 g/mol. The summed E-state index contributed by atoms with van der Waals surface area (Å²) in [6.45, 7) is 5.82. The van der Waals surface area contributed by atoms with Gasteiger partial charge in [-0.1, -0.05) is 72.8 Å². The van der Waals surface area contributed by atoms with Crippen molar-refractivity contribution in [1.29, 1.82) is 0 Å². The Balaban J connectivity index is 1.79. The molecule has 0 fully saturated rings. The monoisotopic (exact) mass is 399 g/mol. The highest BCUT2D eigenvalue weighted by Gasteiger charge is 2.26. The first-order chi connectivity index (χ1) is 14.4. The van der Waals surface area contributed by atoms with E-state index < -0.39 is 6.04 Å². The van der Waals surface area contributed by atoms with Crippen LogP contribution in [-0.2, 0) is 4.79 Å². The van der Waals surface area contributed by atoms with Gasteiger partial charge >= 0.3 is 0 Å². The molecule has 0 heterocycles. The van der Waals surface area contributed by atoms with Crippen molar-refractivity contribution in [3.05, 3.63) is 107 Å². The maximum Gasteiger partial charge on any atom is 0.223 e. The topological polar surface area (TPSA) is 37.4 Å². The van der Waals surface area contributed by atoms with E-state index in [9.17, 15) is 9.59 Å². The van der Waals surface area contributed by atoms with Crippen LogP contribution in [0.3, 0.4) is 0 Å². The molecule has 3 aromatic carbocycles. The van der Waals surface area contributed by atoms with E-state index >= 15 is 0 Å². The Kier molecular flexibility index (Phi) is 6.83. The largest absolute Gasteiger partial charge is 0.336 e. The minimum absolute atomic E-state index is 0.0371. The van der Waals surface area contributed by atoms with Crippen molar-refractivity contribution in [3.63, 3.8) is 0 Å². The van der Waals surface area contributed by atoms with Gasteiger partial charge < -0.3 is 4.90 Å². The Bertz CT molecular complexity index is 972. The predicted octanol–water partition coefficient (Wildman–Crippen LogP) is 5.56. The molecule has 0 spiro atoms. The van der Waals surface area contributed by atoms with Crippen LogP contribution in [0.1, 0.15) is 51.9 Å². The summed E-state index contributed by atoms with van der Waals surface area (Å²) in [6, 6.07) is 25.3. The zero-order chi connectivity index (χ0) is 21.7. The highest BCUT2D eigenvalue weighted by Crippen LogP contribution is 2.29. The molecule has 1 unspecified atom stereocenters. The minimum Gasteiger partial charge on any atom is -0.336 e. The van der Waals surface area contributed by atoms with Crippen LogP contribution in [0.25, 0.3) is 0 Å². The van der Waals surface area contributed by atoms with E-state index in [4.69, 9.17) is 0 Å². The summed E-state index contributed by atoms with van der Waals surface area (Å²) in [5.74, 6) is -0.131. The number of ketones is 1. The van der Waals surface area contributed by atoms with Gasteiger partial charge in [0.15, 0.2) is 5.78 Å². The van der Waals surface area contributed by atoms with Gasteiger partial charge in [-0.15, -0.1) is 0 Å². The SMILES string of the molecule is Cc1ccc(C(=O)C(C)N(C)C(=O)CC(c2ccccc2)c2ccccc2)cc1C. The van der Waals surface area contributed by atoms with E-state index in [1.165, 1.54) is 0 Å². The number of aryl methyl sites for hydroxylation is 2. The van der Waals surface area contributed by atoms with Crippen LogP contribution in [0.4, 0.5) is 0 Å². The second-order valence-corrected chi connectivity index (χ2v) is 7.92. The average Bonchev–Trinajstić information content (AvgIpc) is 2.78. The Morgan fingerprint density at radius 3 is 1.83 bits per heavy atom. The fourth-order valence-electron chi connectivity index (χ4n) is 3.65. The van der Waals surface area contributed by atoms with Crippen molar-refractivity contribution in [2.75, 3.05) is 7.05 Å². The maximum absolute atomic E-state index is 13.2. The molecule has 3 nitrogen and oxygen atoms in total. The normalized spacial score (nSPS) is 11.9. The van der Waals surface area contributed by atoms with Crippen LogP contribution >= 0.6 is 0 Å². The Hall–Kier alpha value is -3.20. The second kappa shape index (κ2) is 9.53. The van der Waals surface area contributed by atoms with E-state index in [0.717, 1.165) is 22.3 Å². The summed E-state index contributed by atoms with van der Waals surface area (Å²) in [5, 5.41) is 0. The summed E-state index contributed by atoms with van der Waals surface area (Å²) in [6.07, 6.45) is 0.315. The number of likely N-dealkylation sites (N-methyl/N-ethyl adjacent to an activating group) is 1. The predicted molar refractivity (Wildman–Crippen MR) is 122 cm³/mol. The lowest BCUT2D eigenvalue weighted by Crippen LogP contribution is -2.41. The summed E-state index contributed by atoms with van der Waals surface area (Å²) in [5.41, 5.74) is 5.07. The van der Waals surface area contributed by atoms with Crippen molar-refractivity contribution < 1.29 is 9.59 Å². The molecule has 3 heteroatoms. The third-order valence-corrected chi connectivity index (χ3v) is 5.93. The number of nitrogens with zero attached hydrogens (tertiary/aromatic N) is 1. The zero-order valence-electron chi connectivity index (χ0n) is 18.1. The summed E-state index contributed by atoms with van der Waals surface area (Å²) in [7, 11) is 1.72. The molecule has 1 amide bonds. The van der Waals surface area contributed by atoms with Gasteiger partial charge in [-0.25, -0.2) is 0 Å². The fraction of sp³-hybridized carbons (Fsp3) is 0.259. The number of benzene rings is 3. The van der Waals surface area contributed by atoms with Crippen molar-refractivity contribution >= 4 is 11.7 Å². The molecule has 0 radical (unpaired) electrons. The summed E-state index contributed by atoms with van der Waals surface area (Å²) >= 11 is 0. The molecular formula is C27H29NO2. The van der Waals surface area contributed by atoms with Gasteiger partial charge in [0.2, 0.25) is 5.91 Å². The fourth-order valence-corrected chi connectivity index (χ4v) is 3.65. The van der Waals surface area contributed by atoms with Crippen molar-refractivity contribution in [2.45, 2.75) is 39.2 Å². The lowest BCUT2D eigenvalue weighted by atomic mass is 9.88. The summed E-state index contributed by atoms with van der Waals surface area (Å²) < 4.78 is 0. The lowest BCUT2D eigenvalue weighted by molar-refractivity contribution is -0.131. The highest BCUT2D eigenvalue weighted by atomic mass is 16.2. The minimum atomic E-state index is -0.521. The molecule has 0 aromatic heterocycles. The van der Waals surface area contributed by atoms with E-state index in [0.29, 0.717) is 12.0 Å². The third kappa shape index (κ3) is 4.85. The number of Topliss-reactive ketones (excluding diaryl/α,β-unsaturated/α-hetero) is 1. The van der Waals surface area contributed by atoms with Crippen molar-refractivity contribution in [1.82, 2.24) is 4.90 Å². The molecule has 0 bridgehead atoms. The second-order valence-electron chi connectivity index (χ2n) is 7.92. The molecule has 3 rings (SSSR count). The molecule has 30 heavy (non-hydrogen) atoms. The molecule has 0 N–H and O–H groups in total. The van der Waals surface area contributed by atoms with Gasteiger partial charge in [0.05, 0.1) is 6.04 Å². The first-order valence-electron chi connectivity index (χ1n) is 10.4. The van der Waals surface area contributed by atoms with Gasteiger partial charge in [0, 0.05) is 24.9 Å². The number of rotatable bonds is 7. The first kappa shape index (κ1) is 21.5. The van der Waals surface area contributed by atoms with Crippen LogP contribution in [0.15, 0.2) is 78.9 Å². The summed E-state index contributed by atoms with van der Waals surface area (Å²) in [4.78, 5) is 27.7. The van der Waals surface area contributed by atoms with Crippen molar-refractivity contribution in [2.24, 2.45) is 0 Å². The molecule has 0 saturated carbocycles. The Morgan fingerprint density at radius 1 is 0.800 bits per heavy atom. The van der Waals surface area contributed by atoms with E-state index in [2.05, 4.69) is 24.3 Å². The highest BCUT2D eigenvalue weighted by molar-refractivity contribution is 6.01. The molecule has 3 aromatic rings. The first-order valence-corrected chi connectivity index (χ1v) is 10.4. The molecule has 1 atom stereocenters. The Morgan fingerprint density at radius 2 is 1.33 bits per heavy atom. The van der Waals surface area contributed by atoms with Crippen molar-refractivity contribution in [3.8, 4) is 0 Å². The molecule has 0 aliphatic heterocycles. The van der Waals surface area contributed by atoms with Gasteiger partial charge in [-0.2, -0.15) is 0 Å². The van der Waals surface area contributed by atoms with Gasteiger partial charge in [-0.3, -0.25) is 9.59 Å². The standard InChI is InChI=1S/C27H29NO2/c1-19-15-16-24(17-20(19)2)27(30)21(3)28(4)26(29)18-25(22-11-7-5-8-12-22)23-13-9-6-10-14-23/h5-17,21,25H,18H2,1-4H3. The molecule has 0 saturated heterocycles. The van der Waals surface area contributed by atoms with Gasteiger partial charge in [0.1, 0.15) is 0 Å². The number of amides is 1. The third-order valence-electron chi connectivity index (χ3n) is 5.93. The van der Waals surface area contributed by atoms with E-state index in [1.54, 1.807) is 18.9 Å². The smallest absolute Gasteiger partial charge is 0.223 e. The number of hydrogen-bond donors (Lipinski definition) is 0. The maximum atomic E-state index is 13.2. The molecular weight excluding hydrogens is 370 g/mol. The molecule has 154 valence electrons.